The van der Waals surface area contributed by atoms with Crippen molar-refractivity contribution in [2.24, 2.45) is 0 Å². The van der Waals surface area contributed by atoms with Gasteiger partial charge in [-0.25, -0.2) is 0 Å². The molecular formula is C16H19NO3. The molecule has 0 saturated carbocycles. The van der Waals surface area contributed by atoms with Gasteiger partial charge in [0.1, 0.15) is 6.61 Å². The maximum absolute atomic E-state index is 5.84. The Balaban J connectivity index is 2.10. The maximum atomic E-state index is 5.84. The molecule has 1 N–H and O–H groups in total. The van der Waals surface area contributed by atoms with Crippen LogP contribution in [0.15, 0.2) is 48.5 Å². The van der Waals surface area contributed by atoms with E-state index < -0.39 is 0 Å². The zero-order valence-corrected chi connectivity index (χ0v) is 11.8. The SMILES string of the molecule is CONCc1cccc(OCc2ccccc2)c1OC. The topological polar surface area (TPSA) is 39.7 Å². The van der Waals surface area contributed by atoms with Gasteiger partial charge >= 0.3 is 0 Å². The predicted octanol–water partition coefficient (Wildman–Crippen LogP) is 2.93. The van der Waals surface area contributed by atoms with Crippen molar-refractivity contribution in [3.8, 4) is 11.5 Å². The minimum Gasteiger partial charge on any atom is -0.493 e. The molecule has 0 unspecified atom stereocenters. The Bertz CT molecular complexity index is 529. The van der Waals surface area contributed by atoms with Crippen LogP contribution in [-0.2, 0) is 18.0 Å². The van der Waals surface area contributed by atoms with Crippen LogP contribution in [-0.4, -0.2) is 14.2 Å². The molecule has 2 aromatic rings. The normalized spacial score (nSPS) is 10.3. The van der Waals surface area contributed by atoms with E-state index in [1.54, 1.807) is 14.2 Å². The molecule has 0 aliphatic carbocycles. The summed E-state index contributed by atoms with van der Waals surface area (Å²) >= 11 is 0. The largest absolute Gasteiger partial charge is 0.493 e. The van der Waals surface area contributed by atoms with E-state index in [1.165, 1.54) is 0 Å². The van der Waals surface area contributed by atoms with Crippen molar-refractivity contribution < 1.29 is 14.3 Å². The van der Waals surface area contributed by atoms with Gasteiger partial charge in [0.2, 0.25) is 0 Å². The van der Waals surface area contributed by atoms with Crippen LogP contribution >= 0.6 is 0 Å². The highest BCUT2D eigenvalue weighted by molar-refractivity contribution is 5.46. The average molecular weight is 273 g/mol. The summed E-state index contributed by atoms with van der Waals surface area (Å²) in [7, 11) is 3.23. The van der Waals surface area contributed by atoms with E-state index in [9.17, 15) is 0 Å². The van der Waals surface area contributed by atoms with Gasteiger partial charge in [0.25, 0.3) is 0 Å². The van der Waals surface area contributed by atoms with Gasteiger partial charge in [-0.2, -0.15) is 5.48 Å². The number of methoxy groups -OCH3 is 1. The average Bonchev–Trinajstić information content (AvgIpc) is 2.51. The third-order valence-electron chi connectivity index (χ3n) is 2.91. The predicted molar refractivity (Wildman–Crippen MR) is 77.6 cm³/mol. The number of nitrogens with one attached hydrogen (secondary N) is 1. The molecular weight excluding hydrogens is 254 g/mol. The van der Waals surface area contributed by atoms with E-state index in [0.717, 1.165) is 22.6 Å². The number of rotatable bonds is 7. The standard InChI is InChI=1S/C16H19NO3/c1-18-16-14(11-17-19-2)9-6-10-15(16)20-12-13-7-4-3-5-8-13/h3-10,17H,11-12H2,1-2H3. The first-order valence-corrected chi connectivity index (χ1v) is 6.43. The molecule has 0 aliphatic rings. The Labute approximate surface area is 119 Å². The third-order valence-corrected chi connectivity index (χ3v) is 2.91. The molecule has 106 valence electrons. The zero-order chi connectivity index (χ0) is 14.2. The van der Waals surface area contributed by atoms with Crippen molar-refractivity contribution in [2.75, 3.05) is 14.2 Å². The lowest BCUT2D eigenvalue weighted by molar-refractivity contribution is 0.0860. The van der Waals surface area contributed by atoms with E-state index in [0.29, 0.717) is 13.2 Å². The Kier molecular flexibility index (Phi) is 5.41. The molecule has 0 atom stereocenters. The van der Waals surface area contributed by atoms with Crippen molar-refractivity contribution in [1.29, 1.82) is 0 Å². The van der Waals surface area contributed by atoms with E-state index in [1.807, 2.05) is 48.5 Å². The Morgan fingerprint density at radius 3 is 2.45 bits per heavy atom. The zero-order valence-electron chi connectivity index (χ0n) is 11.8. The number of hydrogen-bond acceptors (Lipinski definition) is 4. The van der Waals surface area contributed by atoms with Crippen LogP contribution in [0.2, 0.25) is 0 Å². The number of para-hydroxylation sites is 1. The molecule has 0 bridgehead atoms. The van der Waals surface area contributed by atoms with E-state index in [4.69, 9.17) is 14.3 Å². The molecule has 0 fully saturated rings. The molecule has 2 rings (SSSR count). The lowest BCUT2D eigenvalue weighted by Crippen LogP contribution is -2.12. The summed E-state index contributed by atoms with van der Waals surface area (Å²) < 4.78 is 11.3. The molecule has 0 aromatic heterocycles. The van der Waals surface area contributed by atoms with Gasteiger partial charge in [0, 0.05) is 12.1 Å². The fourth-order valence-corrected chi connectivity index (χ4v) is 1.93. The van der Waals surface area contributed by atoms with E-state index in [2.05, 4.69) is 5.48 Å². The molecule has 0 heterocycles. The fraction of sp³-hybridized carbons (Fsp3) is 0.250. The second kappa shape index (κ2) is 7.53. The molecule has 0 aliphatic heterocycles. The molecule has 4 heteroatoms. The first-order valence-electron chi connectivity index (χ1n) is 6.43. The minimum absolute atomic E-state index is 0.512. The minimum atomic E-state index is 0.512. The van der Waals surface area contributed by atoms with Crippen molar-refractivity contribution in [3.63, 3.8) is 0 Å². The molecule has 0 radical (unpaired) electrons. The summed E-state index contributed by atoms with van der Waals surface area (Å²) in [5.41, 5.74) is 4.91. The van der Waals surface area contributed by atoms with Crippen LogP contribution in [0.3, 0.4) is 0 Å². The van der Waals surface area contributed by atoms with Crippen molar-refractivity contribution in [2.45, 2.75) is 13.2 Å². The highest BCUT2D eigenvalue weighted by Gasteiger charge is 2.10. The van der Waals surface area contributed by atoms with Gasteiger partial charge in [-0.05, 0) is 11.6 Å². The monoisotopic (exact) mass is 273 g/mol. The van der Waals surface area contributed by atoms with Crippen LogP contribution in [0.4, 0.5) is 0 Å². The molecule has 4 nitrogen and oxygen atoms in total. The molecule has 0 saturated heterocycles. The van der Waals surface area contributed by atoms with Gasteiger partial charge in [0.15, 0.2) is 11.5 Å². The summed E-state index contributed by atoms with van der Waals surface area (Å²) in [6.45, 7) is 1.07. The molecule has 20 heavy (non-hydrogen) atoms. The highest BCUT2D eigenvalue weighted by Crippen LogP contribution is 2.31. The summed E-state index contributed by atoms with van der Waals surface area (Å²) in [6, 6.07) is 15.9. The van der Waals surface area contributed by atoms with Crippen molar-refractivity contribution in [1.82, 2.24) is 5.48 Å². The summed E-state index contributed by atoms with van der Waals surface area (Å²) in [6.07, 6.45) is 0. The lowest BCUT2D eigenvalue weighted by Gasteiger charge is -2.14. The lowest BCUT2D eigenvalue weighted by atomic mass is 10.2. The first-order chi connectivity index (χ1) is 9.85. The van der Waals surface area contributed by atoms with Gasteiger partial charge in [-0.1, -0.05) is 42.5 Å². The number of hydrogen-bond donors (Lipinski definition) is 1. The van der Waals surface area contributed by atoms with Crippen LogP contribution < -0.4 is 15.0 Å². The van der Waals surface area contributed by atoms with Crippen LogP contribution in [0, 0.1) is 0 Å². The maximum Gasteiger partial charge on any atom is 0.165 e. The number of hydroxylamine groups is 1. The van der Waals surface area contributed by atoms with Crippen LogP contribution in [0.5, 0.6) is 11.5 Å². The quantitative estimate of drug-likeness (QED) is 0.787. The fourth-order valence-electron chi connectivity index (χ4n) is 1.93. The second-order valence-electron chi connectivity index (χ2n) is 4.25. The van der Waals surface area contributed by atoms with Gasteiger partial charge in [-0.3, -0.25) is 0 Å². The second-order valence-corrected chi connectivity index (χ2v) is 4.25. The van der Waals surface area contributed by atoms with E-state index in [-0.39, 0.29) is 0 Å². The van der Waals surface area contributed by atoms with Crippen LogP contribution in [0.25, 0.3) is 0 Å². The summed E-state index contributed by atoms with van der Waals surface area (Å²) in [5.74, 6) is 1.46. The van der Waals surface area contributed by atoms with Gasteiger partial charge in [0.05, 0.1) is 14.2 Å². The molecule has 0 amide bonds. The third kappa shape index (κ3) is 3.73. The van der Waals surface area contributed by atoms with Crippen LogP contribution in [0.1, 0.15) is 11.1 Å². The smallest absolute Gasteiger partial charge is 0.165 e. The summed E-state index contributed by atoms with van der Waals surface area (Å²) in [4.78, 5) is 4.87. The molecule has 2 aromatic carbocycles. The van der Waals surface area contributed by atoms with Crippen molar-refractivity contribution in [3.05, 3.63) is 59.7 Å². The Morgan fingerprint density at radius 1 is 0.950 bits per heavy atom. The highest BCUT2D eigenvalue weighted by atomic mass is 16.6. The first kappa shape index (κ1) is 14.4. The van der Waals surface area contributed by atoms with Crippen molar-refractivity contribution >= 4 is 0 Å². The van der Waals surface area contributed by atoms with Gasteiger partial charge in [-0.15, -0.1) is 0 Å². The number of benzene rings is 2. The Hall–Kier alpha value is -2.04. The summed E-state index contributed by atoms with van der Waals surface area (Å²) in [5, 5.41) is 0. The molecule has 0 spiro atoms. The van der Waals surface area contributed by atoms with E-state index >= 15 is 0 Å². The number of ether oxygens (including phenoxy) is 2. The Morgan fingerprint density at radius 2 is 1.75 bits per heavy atom. The van der Waals surface area contributed by atoms with Gasteiger partial charge < -0.3 is 14.3 Å².